The van der Waals surface area contributed by atoms with Gasteiger partial charge in [0.1, 0.15) is 6.04 Å². The van der Waals surface area contributed by atoms with Crippen LogP contribution in [-0.4, -0.2) is 23.0 Å². The fraction of sp³-hybridized carbons (Fsp3) is 0.375. The Morgan fingerprint density at radius 1 is 0.973 bits per heavy atom. The molecule has 0 spiro atoms. The number of aliphatic hydroxyl groups is 1. The van der Waals surface area contributed by atoms with Crippen LogP contribution in [0.5, 0.6) is 0 Å². The Morgan fingerprint density at radius 3 is 2.38 bits per heavy atom. The first-order chi connectivity index (χ1) is 18.1. The van der Waals surface area contributed by atoms with E-state index in [1.807, 2.05) is 78.9 Å². The zero-order valence-corrected chi connectivity index (χ0v) is 21.5. The molecule has 3 atom stereocenters. The van der Waals surface area contributed by atoms with E-state index in [9.17, 15) is 14.7 Å². The van der Waals surface area contributed by atoms with Gasteiger partial charge in [0, 0.05) is 5.56 Å². The summed E-state index contributed by atoms with van der Waals surface area (Å²) in [6.45, 7) is 2.49. The van der Waals surface area contributed by atoms with Crippen molar-refractivity contribution in [3.8, 4) is 11.1 Å². The number of nitrogens with one attached hydrogen (secondary N) is 1. The van der Waals surface area contributed by atoms with Crippen molar-refractivity contribution in [1.29, 1.82) is 0 Å². The van der Waals surface area contributed by atoms with Gasteiger partial charge >= 0.3 is 0 Å². The fourth-order valence-electron chi connectivity index (χ4n) is 5.42. The van der Waals surface area contributed by atoms with E-state index in [0.29, 0.717) is 25.3 Å². The lowest BCUT2D eigenvalue weighted by molar-refractivity contribution is -0.133. The topological polar surface area (TPSA) is 69.6 Å². The highest BCUT2D eigenvalue weighted by Gasteiger charge is 2.39. The number of carbonyl (C=O) groups excluding carboxylic acids is 2. The molecule has 37 heavy (non-hydrogen) atoms. The first-order valence-corrected chi connectivity index (χ1v) is 13.6. The fourth-order valence-corrected chi connectivity index (χ4v) is 5.42. The summed E-state index contributed by atoms with van der Waals surface area (Å²) in [6, 6.07) is 24.9. The second-order valence-electron chi connectivity index (χ2n) is 10.5. The first-order valence-electron chi connectivity index (χ1n) is 13.6. The van der Waals surface area contributed by atoms with Crippen LogP contribution >= 0.6 is 0 Å². The molecule has 2 aliphatic rings. The van der Waals surface area contributed by atoms with Crippen molar-refractivity contribution in [3.05, 3.63) is 90.0 Å². The molecule has 5 rings (SSSR count). The molecule has 192 valence electrons. The van der Waals surface area contributed by atoms with Gasteiger partial charge in [-0.15, -0.1) is 0 Å². The molecule has 1 aliphatic carbocycles. The molecule has 3 aromatic carbocycles. The largest absolute Gasteiger partial charge is 0.392 e. The summed E-state index contributed by atoms with van der Waals surface area (Å²) in [5.74, 6) is -0.410. The van der Waals surface area contributed by atoms with Crippen molar-refractivity contribution < 1.29 is 14.7 Å². The smallest absolute Gasteiger partial charge is 0.254 e. The predicted molar refractivity (Wildman–Crippen MR) is 147 cm³/mol. The third kappa shape index (κ3) is 5.62. The number of para-hydroxylation sites is 1. The number of hydrogen-bond acceptors (Lipinski definition) is 3. The normalized spacial score (nSPS) is 18.4. The maximum atomic E-state index is 14.3. The van der Waals surface area contributed by atoms with Gasteiger partial charge in [0.15, 0.2) is 0 Å². The minimum atomic E-state index is -0.833. The minimum absolute atomic E-state index is 0.164. The number of fused-ring (bicyclic) bond motifs is 3. The molecule has 1 saturated carbocycles. The zero-order chi connectivity index (χ0) is 25.8. The van der Waals surface area contributed by atoms with Crippen LogP contribution in [0.4, 0.5) is 5.69 Å². The third-order valence-corrected chi connectivity index (χ3v) is 7.68. The van der Waals surface area contributed by atoms with E-state index < -0.39 is 18.1 Å². The lowest BCUT2D eigenvalue weighted by atomic mass is 9.90. The SMILES string of the molecule is CCCC[C@H](O)[C@@H](CC1CC1)C(=O)N[C@H]1C(=O)N(Cc2ccccc2)c2ccccc2-c2ccccc21. The standard InChI is InChI=1S/C32H36N2O3/c1-2-3-17-29(35)27(20-22-18-19-22)31(36)33-30-26-15-8-7-13-24(26)25-14-9-10-16-28(25)34(32(30)37)21-23-11-5-4-6-12-23/h4-16,22,27,29-30,35H,2-3,17-21H2,1H3,(H,33,36)/t27-,29+,30-/m1/s1. The average Bonchev–Trinajstić information content (AvgIpc) is 3.77. The molecule has 2 amide bonds. The maximum Gasteiger partial charge on any atom is 0.254 e. The molecule has 0 radical (unpaired) electrons. The Hall–Kier alpha value is -3.44. The molecule has 0 unspecified atom stereocenters. The molecular formula is C32H36N2O3. The van der Waals surface area contributed by atoms with Gasteiger partial charge in [-0.05, 0) is 41.5 Å². The van der Waals surface area contributed by atoms with Crippen molar-refractivity contribution >= 4 is 17.5 Å². The molecule has 0 saturated heterocycles. The molecule has 5 heteroatoms. The number of amides is 2. The van der Waals surface area contributed by atoms with E-state index in [2.05, 4.69) is 12.2 Å². The number of aliphatic hydroxyl groups excluding tert-OH is 1. The van der Waals surface area contributed by atoms with Gasteiger partial charge in [0.05, 0.1) is 24.3 Å². The van der Waals surface area contributed by atoms with Crippen molar-refractivity contribution in [1.82, 2.24) is 5.32 Å². The lowest BCUT2D eigenvalue weighted by Crippen LogP contribution is -2.46. The van der Waals surface area contributed by atoms with Crippen LogP contribution < -0.4 is 10.2 Å². The summed E-state index contributed by atoms with van der Waals surface area (Å²) in [5.41, 5.74) is 4.55. The molecule has 1 fully saturated rings. The van der Waals surface area contributed by atoms with Gasteiger partial charge in [-0.2, -0.15) is 0 Å². The van der Waals surface area contributed by atoms with E-state index >= 15 is 0 Å². The number of carbonyl (C=O) groups is 2. The Morgan fingerprint density at radius 2 is 1.65 bits per heavy atom. The first kappa shape index (κ1) is 25.2. The molecule has 2 N–H and O–H groups in total. The third-order valence-electron chi connectivity index (χ3n) is 7.68. The number of benzene rings is 3. The summed E-state index contributed by atoms with van der Waals surface area (Å²) in [5, 5.41) is 14.1. The number of rotatable bonds is 10. The van der Waals surface area contributed by atoms with Crippen LogP contribution in [-0.2, 0) is 16.1 Å². The summed E-state index contributed by atoms with van der Waals surface area (Å²) < 4.78 is 0. The van der Waals surface area contributed by atoms with Crippen molar-refractivity contribution in [2.75, 3.05) is 4.90 Å². The van der Waals surface area contributed by atoms with E-state index in [-0.39, 0.29) is 11.8 Å². The molecule has 0 bridgehead atoms. The summed E-state index contributed by atoms with van der Waals surface area (Å²) in [6.07, 6.45) is 4.63. The highest BCUT2D eigenvalue weighted by Crippen LogP contribution is 2.41. The van der Waals surface area contributed by atoms with Gasteiger partial charge < -0.3 is 15.3 Å². The van der Waals surface area contributed by atoms with E-state index in [4.69, 9.17) is 0 Å². The summed E-state index contributed by atoms with van der Waals surface area (Å²) in [4.78, 5) is 29.8. The Kier molecular flexibility index (Phi) is 7.71. The molecular weight excluding hydrogens is 460 g/mol. The summed E-state index contributed by atoms with van der Waals surface area (Å²) >= 11 is 0. The van der Waals surface area contributed by atoms with Crippen molar-refractivity contribution in [3.63, 3.8) is 0 Å². The van der Waals surface area contributed by atoms with Crippen LogP contribution in [0.1, 0.15) is 62.6 Å². The monoisotopic (exact) mass is 496 g/mol. The minimum Gasteiger partial charge on any atom is -0.392 e. The van der Waals surface area contributed by atoms with Crippen LogP contribution in [0.15, 0.2) is 78.9 Å². The highest BCUT2D eigenvalue weighted by atomic mass is 16.3. The Bertz CT molecular complexity index is 1240. The van der Waals surface area contributed by atoms with Crippen LogP contribution in [0, 0.1) is 11.8 Å². The molecule has 5 nitrogen and oxygen atoms in total. The van der Waals surface area contributed by atoms with Crippen molar-refractivity contribution in [2.24, 2.45) is 11.8 Å². The second kappa shape index (κ2) is 11.3. The maximum absolute atomic E-state index is 14.3. The zero-order valence-electron chi connectivity index (χ0n) is 21.5. The number of nitrogens with zero attached hydrogens (tertiary/aromatic N) is 1. The van der Waals surface area contributed by atoms with Gasteiger partial charge in [0.2, 0.25) is 5.91 Å². The van der Waals surface area contributed by atoms with E-state index in [1.54, 1.807) is 4.90 Å². The van der Waals surface area contributed by atoms with E-state index in [0.717, 1.165) is 53.6 Å². The highest BCUT2D eigenvalue weighted by molar-refractivity contribution is 6.06. The molecule has 1 aliphatic heterocycles. The molecule has 3 aromatic rings. The van der Waals surface area contributed by atoms with Crippen LogP contribution in [0.2, 0.25) is 0 Å². The Balaban J connectivity index is 1.51. The van der Waals surface area contributed by atoms with Gasteiger partial charge in [-0.25, -0.2) is 0 Å². The molecule has 0 aromatic heterocycles. The van der Waals surface area contributed by atoms with E-state index in [1.165, 1.54) is 0 Å². The molecule has 1 heterocycles. The van der Waals surface area contributed by atoms with Crippen LogP contribution in [0.3, 0.4) is 0 Å². The summed E-state index contributed by atoms with van der Waals surface area (Å²) in [7, 11) is 0. The average molecular weight is 497 g/mol. The Labute approximate surface area is 219 Å². The number of hydrogen-bond donors (Lipinski definition) is 2. The van der Waals surface area contributed by atoms with Crippen molar-refractivity contribution in [2.45, 2.75) is 64.1 Å². The van der Waals surface area contributed by atoms with Gasteiger partial charge in [-0.1, -0.05) is 105 Å². The number of anilines is 1. The predicted octanol–water partition coefficient (Wildman–Crippen LogP) is 6.03. The second-order valence-corrected chi connectivity index (χ2v) is 10.5. The quantitative estimate of drug-likeness (QED) is 0.360. The van der Waals surface area contributed by atoms with Crippen LogP contribution in [0.25, 0.3) is 11.1 Å². The van der Waals surface area contributed by atoms with Gasteiger partial charge in [0.25, 0.3) is 5.91 Å². The van der Waals surface area contributed by atoms with Gasteiger partial charge in [-0.3, -0.25) is 9.59 Å². The number of unbranched alkanes of at least 4 members (excludes halogenated alkanes) is 1. The lowest BCUT2D eigenvalue weighted by Gasteiger charge is -2.29.